The molecule has 0 aliphatic rings. The molecule has 1 N–H and O–H groups in total. The van der Waals surface area contributed by atoms with Crippen molar-refractivity contribution in [3.8, 4) is 5.69 Å². The van der Waals surface area contributed by atoms with E-state index in [4.69, 9.17) is 0 Å². The third kappa shape index (κ3) is 3.20. The molecule has 0 amide bonds. The fourth-order valence-corrected chi connectivity index (χ4v) is 1.89. The van der Waals surface area contributed by atoms with Gasteiger partial charge in [0.2, 0.25) is 0 Å². The van der Waals surface area contributed by atoms with E-state index in [1.807, 2.05) is 17.1 Å². The van der Waals surface area contributed by atoms with Gasteiger partial charge < -0.3 is 9.88 Å². The number of imidazole rings is 1. The lowest BCUT2D eigenvalue weighted by atomic mass is 10.1. The van der Waals surface area contributed by atoms with Crippen LogP contribution in [0.15, 0.2) is 36.9 Å². The predicted molar refractivity (Wildman–Crippen MR) is 74.9 cm³/mol. The van der Waals surface area contributed by atoms with Gasteiger partial charge in [-0.05, 0) is 44.9 Å². The largest absolute Gasteiger partial charge is 0.308 e. The minimum Gasteiger partial charge on any atom is -0.308 e. The van der Waals surface area contributed by atoms with Crippen LogP contribution in [0.1, 0.15) is 31.9 Å². The van der Waals surface area contributed by atoms with Crippen LogP contribution >= 0.6 is 0 Å². The standard InChI is InChI=1S/C15H21N3/c1-12-9-13(10-17-15(2,3)4)5-6-14(12)18-8-7-16-11-18/h5-9,11,17H,10H2,1-4H3. The summed E-state index contributed by atoms with van der Waals surface area (Å²) in [4.78, 5) is 4.08. The zero-order chi connectivity index (χ0) is 13.2. The second-order valence-corrected chi connectivity index (χ2v) is 5.69. The van der Waals surface area contributed by atoms with Crippen molar-refractivity contribution in [2.24, 2.45) is 0 Å². The summed E-state index contributed by atoms with van der Waals surface area (Å²) in [6.07, 6.45) is 5.60. The first-order valence-corrected chi connectivity index (χ1v) is 6.28. The second-order valence-electron chi connectivity index (χ2n) is 5.69. The molecule has 1 aromatic heterocycles. The maximum atomic E-state index is 4.08. The highest BCUT2D eigenvalue weighted by Gasteiger charge is 2.09. The zero-order valence-electron chi connectivity index (χ0n) is 11.6. The summed E-state index contributed by atoms with van der Waals surface area (Å²) < 4.78 is 2.04. The number of aryl methyl sites for hydroxylation is 1. The van der Waals surface area contributed by atoms with Gasteiger partial charge >= 0.3 is 0 Å². The van der Waals surface area contributed by atoms with Crippen LogP contribution in [0.5, 0.6) is 0 Å². The molecule has 3 heteroatoms. The molecule has 0 fully saturated rings. The van der Waals surface area contributed by atoms with Crippen LogP contribution in [0.4, 0.5) is 0 Å². The molecule has 18 heavy (non-hydrogen) atoms. The van der Waals surface area contributed by atoms with Gasteiger partial charge in [-0.25, -0.2) is 4.98 Å². The molecule has 0 saturated heterocycles. The third-order valence-electron chi connectivity index (χ3n) is 2.87. The smallest absolute Gasteiger partial charge is 0.0991 e. The van der Waals surface area contributed by atoms with Gasteiger partial charge in [-0.15, -0.1) is 0 Å². The Morgan fingerprint density at radius 2 is 2.06 bits per heavy atom. The number of hydrogen-bond donors (Lipinski definition) is 1. The van der Waals surface area contributed by atoms with E-state index in [0.717, 1.165) is 6.54 Å². The molecule has 0 saturated carbocycles. The van der Waals surface area contributed by atoms with Crippen LogP contribution in [0.25, 0.3) is 5.69 Å². The van der Waals surface area contributed by atoms with E-state index in [9.17, 15) is 0 Å². The molecule has 1 heterocycles. The first kappa shape index (κ1) is 12.8. The number of nitrogens with zero attached hydrogens (tertiary/aromatic N) is 2. The van der Waals surface area contributed by atoms with Gasteiger partial charge in [0, 0.05) is 30.2 Å². The van der Waals surface area contributed by atoms with Crippen molar-refractivity contribution in [2.75, 3.05) is 0 Å². The fourth-order valence-electron chi connectivity index (χ4n) is 1.89. The molecule has 2 aromatic rings. The number of hydrogen-bond acceptors (Lipinski definition) is 2. The molecule has 96 valence electrons. The van der Waals surface area contributed by atoms with E-state index in [0.29, 0.717) is 0 Å². The van der Waals surface area contributed by atoms with E-state index < -0.39 is 0 Å². The van der Waals surface area contributed by atoms with E-state index in [2.05, 4.69) is 56.2 Å². The summed E-state index contributed by atoms with van der Waals surface area (Å²) in [7, 11) is 0. The van der Waals surface area contributed by atoms with E-state index in [-0.39, 0.29) is 5.54 Å². The molecule has 0 aliphatic carbocycles. The SMILES string of the molecule is Cc1cc(CNC(C)(C)C)ccc1-n1ccnc1. The highest BCUT2D eigenvalue weighted by atomic mass is 15.0. The van der Waals surface area contributed by atoms with Crippen LogP contribution in [-0.4, -0.2) is 15.1 Å². The summed E-state index contributed by atoms with van der Waals surface area (Å²) in [6.45, 7) is 9.57. The van der Waals surface area contributed by atoms with Crippen LogP contribution in [0.3, 0.4) is 0 Å². The van der Waals surface area contributed by atoms with Crippen LogP contribution < -0.4 is 5.32 Å². The Morgan fingerprint density at radius 3 is 2.61 bits per heavy atom. The van der Waals surface area contributed by atoms with Gasteiger partial charge in [-0.3, -0.25) is 0 Å². The average molecular weight is 243 g/mol. The molecule has 1 aromatic carbocycles. The number of rotatable bonds is 3. The van der Waals surface area contributed by atoms with E-state index in [1.165, 1.54) is 16.8 Å². The van der Waals surface area contributed by atoms with Gasteiger partial charge in [0.1, 0.15) is 0 Å². The topological polar surface area (TPSA) is 29.9 Å². The van der Waals surface area contributed by atoms with Gasteiger partial charge in [0.25, 0.3) is 0 Å². The first-order valence-electron chi connectivity index (χ1n) is 6.28. The Hall–Kier alpha value is -1.61. The van der Waals surface area contributed by atoms with Crippen LogP contribution in [-0.2, 0) is 6.54 Å². The number of aromatic nitrogens is 2. The maximum Gasteiger partial charge on any atom is 0.0991 e. The van der Waals surface area contributed by atoms with Gasteiger partial charge in [-0.2, -0.15) is 0 Å². The number of benzene rings is 1. The Kier molecular flexibility index (Phi) is 3.53. The van der Waals surface area contributed by atoms with Crippen molar-refractivity contribution in [1.82, 2.24) is 14.9 Å². The average Bonchev–Trinajstić information content (AvgIpc) is 2.79. The van der Waals surface area contributed by atoms with E-state index in [1.54, 1.807) is 6.20 Å². The normalized spacial score (nSPS) is 11.8. The lowest BCUT2D eigenvalue weighted by molar-refractivity contribution is 0.424. The highest BCUT2D eigenvalue weighted by Crippen LogP contribution is 2.16. The Morgan fingerprint density at radius 1 is 1.28 bits per heavy atom. The van der Waals surface area contributed by atoms with Crippen molar-refractivity contribution in [3.05, 3.63) is 48.0 Å². The molecule has 2 rings (SSSR count). The van der Waals surface area contributed by atoms with Gasteiger partial charge in [0.05, 0.1) is 6.33 Å². The summed E-state index contributed by atoms with van der Waals surface area (Å²) in [5.74, 6) is 0. The van der Waals surface area contributed by atoms with Crippen molar-refractivity contribution in [1.29, 1.82) is 0 Å². The quantitative estimate of drug-likeness (QED) is 0.898. The summed E-state index contributed by atoms with van der Waals surface area (Å²) in [5, 5.41) is 3.50. The first-order chi connectivity index (χ1) is 8.46. The monoisotopic (exact) mass is 243 g/mol. The second kappa shape index (κ2) is 4.94. The minimum absolute atomic E-state index is 0.150. The summed E-state index contributed by atoms with van der Waals surface area (Å²) in [5.41, 5.74) is 3.91. The summed E-state index contributed by atoms with van der Waals surface area (Å²) >= 11 is 0. The zero-order valence-corrected chi connectivity index (χ0v) is 11.6. The Bertz CT molecular complexity index is 507. The molecular weight excluding hydrogens is 222 g/mol. The lowest BCUT2D eigenvalue weighted by Gasteiger charge is -2.21. The molecule has 0 radical (unpaired) electrons. The summed E-state index contributed by atoms with van der Waals surface area (Å²) in [6, 6.07) is 6.55. The molecule has 0 aliphatic heterocycles. The van der Waals surface area contributed by atoms with Crippen molar-refractivity contribution in [3.63, 3.8) is 0 Å². The highest BCUT2D eigenvalue weighted by molar-refractivity contribution is 5.42. The van der Waals surface area contributed by atoms with Gasteiger partial charge in [-0.1, -0.05) is 12.1 Å². The van der Waals surface area contributed by atoms with Crippen molar-refractivity contribution in [2.45, 2.75) is 39.8 Å². The number of nitrogens with one attached hydrogen (secondary N) is 1. The fraction of sp³-hybridized carbons (Fsp3) is 0.400. The van der Waals surface area contributed by atoms with Crippen LogP contribution in [0.2, 0.25) is 0 Å². The molecule has 0 atom stereocenters. The molecule has 0 spiro atoms. The third-order valence-corrected chi connectivity index (χ3v) is 2.87. The van der Waals surface area contributed by atoms with Crippen molar-refractivity contribution < 1.29 is 0 Å². The Labute approximate surface area is 109 Å². The molecule has 0 unspecified atom stereocenters. The molecular formula is C15H21N3. The van der Waals surface area contributed by atoms with Crippen molar-refractivity contribution >= 4 is 0 Å². The minimum atomic E-state index is 0.150. The van der Waals surface area contributed by atoms with Crippen LogP contribution in [0, 0.1) is 6.92 Å². The van der Waals surface area contributed by atoms with E-state index >= 15 is 0 Å². The lowest BCUT2D eigenvalue weighted by Crippen LogP contribution is -2.35. The molecule has 0 bridgehead atoms. The maximum absolute atomic E-state index is 4.08. The Balaban J connectivity index is 2.15. The van der Waals surface area contributed by atoms with Gasteiger partial charge in [0.15, 0.2) is 0 Å². The molecule has 3 nitrogen and oxygen atoms in total. The predicted octanol–water partition coefficient (Wildman–Crippen LogP) is 3.07.